The fourth-order valence-corrected chi connectivity index (χ4v) is 3.19. The van der Waals surface area contributed by atoms with Crippen LogP contribution in [0.1, 0.15) is 45.4 Å². The van der Waals surface area contributed by atoms with Crippen molar-refractivity contribution in [2.24, 2.45) is 5.73 Å². The first-order valence-corrected chi connectivity index (χ1v) is 4.91. The Morgan fingerprint density at radius 2 is 1.64 bits per heavy atom. The summed E-state index contributed by atoms with van der Waals surface area (Å²) in [6.07, 6.45) is 8.14. The molecule has 1 nitrogen and oxygen atoms in total. The molecule has 0 aliphatic carbocycles. The van der Waals surface area contributed by atoms with Crippen LogP contribution in [0.4, 0.5) is 0 Å². The molecule has 2 rings (SSSR count). The summed E-state index contributed by atoms with van der Waals surface area (Å²) in [5.74, 6) is 0. The standard InChI is InChI=1S/C9H18BN/c1-8-4-2-6-9(11,10-8)7-3-5-8/h10H,2-7,11H2,1H3. The molecule has 0 aromatic carbocycles. The van der Waals surface area contributed by atoms with Gasteiger partial charge in [0.05, 0.1) is 0 Å². The van der Waals surface area contributed by atoms with Crippen LogP contribution in [0.2, 0.25) is 5.31 Å². The molecular formula is C9H18BN. The molecular weight excluding hydrogens is 133 g/mol. The van der Waals surface area contributed by atoms with Crippen molar-refractivity contribution in [3.05, 3.63) is 0 Å². The van der Waals surface area contributed by atoms with Gasteiger partial charge >= 0.3 is 0 Å². The molecule has 2 heteroatoms. The fourth-order valence-electron chi connectivity index (χ4n) is 3.19. The third-order valence-corrected chi connectivity index (χ3v) is 3.69. The van der Waals surface area contributed by atoms with Crippen molar-refractivity contribution >= 4 is 7.28 Å². The largest absolute Gasteiger partial charge is 0.332 e. The molecule has 0 aromatic heterocycles. The smallest absolute Gasteiger partial charge is 0.152 e. The van der Waals surface area contributed by atoms with Crippen LogP contribution in [0.5, 0.6) is 0 Å². The third kappa shape index (κ3) is 1.33. The maximum Gasteiger partial charge on any atom is 0.152 e. The van der Waals surface area contributed by atoms with Crippen LogP contribution in [0.3, 0.4) is 0 Å². The van der Waals surface area contributed by atoms with Crippen molar-refractivity contribution < 1.29 is 0 Å². The average molecular weight is 151 g/mol. The summed E-state index contributed by atoms with van der Waals surface area (Å²) < 4.78 is 0. The van der Waals surface area contributed by atoms with Gasteiger partial charge in [-0.1, -0.05) is 37.9 Å². The van der Waals surface area contributed by atoms with Crippen LogP contribution in [-0.2, 0) is 0 Å². The lowest BCUT2D eigenvalue weighted by Crippen LogP contribution is -2.55. The van der Waals surface area contributed by atoms with Gasteiger partial charge in [-0.15, -0.1) is 0 Å². The van der Waals surface area contributed by atoms with E-state index in [1.807, 2.05) is 0 Å². The Morgan fingerprint density at radius 1 is 1.09 bits per heavy atom. The van der Waals surface area contributed by atoms with Crippen LogP contribution in [0.15, 0.2) is 0 Å². The van der Waals surface area contributed by atoms with E-state index in [0.717, 1.165) is 0 Å². The van der Waals surface area contributed by atoms with Crippen LogP contribution in [0, 0.1) is 0 Å². The highest BCUT2D eigenvalue weighted by Crippen LogP contribution is 2.48. The third-order valence-electron chi connectivity index (χ3n) is 3.69. The van der Waals surface area contributed by atoms with E-state index in [0.29, 0.717) is 5.31 Å². The average Bonchev–Trinajstić information content (AvgIpc) is 1.83. The first-order valence-electron chi connectivity index (χ1n) is 4.91. The molecule has 0 spiro atoms. The van der Waals surface area contributed by atoms with Gasteiger partial charge in [-0.05, 0) is 18.3 Å². The quantitative estimate of drug-likeness (QED) is 0.523. The minimum Gasteiger partial charge on any atom is -0.332 e. The maximum absolute atomic E-state index is 6.29. The normalized spacial score (nSPS) is 50.0. The highest BCUT2D eigenvalue weighted by atomic mass is 14.7. The maximum atomic E-state index is 6.29. The summed E-state index contributed by atoms with van der Waals surface area (Å²) in [6.45, 7) is 2.42. The van der Waals surface area contributed by atoms with E-state index in [9.17, 15) is 0 Å². The zero-order chi connectivity index (χ0) is 7.95. The van der Waals surface area contributed by atoms with Gasteiger partial charge in [0.2, 0.25) is 0 Å². The van der Waals surface area contributed by atoms with Gasteiger partial charge in [-0.3, -0.25) is 0 Å². The number of rotatable bonds is 0. The summed E-state index contributed by atoms with van der Waals surface area (Å²) >= 11 is 0. The molecule has 2 aliphatic heterocycles. The molecule has 2 saturated heterocycles. The zero-order valence-electron chi connectivity index (χ0n) is 7.53. The molecule has 0 radical (unpaired) electrons. The Bertz CT molecular complexity index is 141. The highest BCUT2D eigenvalue weighted by molar-refractivity contribution is 6.45. The first-order chi connectivity index (χ1) is 5.12. The molecule has 2 fully saturated rings. The number of nitrogens with two attached hydrogens (primary N) is 1. The van der Waals surface area contributed by atoms with E-state index in [-0.39, 0.29) is 5.44 Å². The van der Waals surface area contributed by atoms with E-state index < -0.39 is 0 Å². The second-order valence-corrected chi connectivity index (χ2v) is 5.06. The zero-order valence-corrected chi connectivity index (χ0v) is 7.53. The topological polar surface area (TPSA) is 26.0 Å². The van der Waals surface area contributed by atoms with E-state index in [4.69, 9.17) is 5.73 Å². The minimum atomic E-state index is 0.241. The SMILES string of the molecule is CC12BC(N)(CCC1)CCC2. The van der Waals surface area contributed by atoms with E-state index in [2.05, 4.69) is 6.92 Å². The molecule has 0 atom stereocenters. The van der Waals surface area contributed by atoms with Crippen molar-refractivity contribution in [1.82, 2.24) is 0 Å². The molecule has 0 aromatic rings. The summed E-state index contributed by atoms with van der Waals surface area (Å²) in [5, 5.41) is 0.616. The van der Waals surface area contributed by atoms with Crippen LogP contribution >= 0.6 is 0 Å². The van der Waals surface area contributed by atoms with Gasteiger partial charge in [0.15, 0.2) is 7.28 Å². The minimum absolute atomic E-state index is 0.241. The van der Waals surface area contributed by atoms with Gasteiger partial charge < -0.3 is 5.73 Å². The molecule has 2 aliphatic rings. The molecule has 0 saturated carbocycles. The molecule has 0 amide bonds. The molecule has 0 unspecified atom stereocenters. The second-order valence-electron chi connectivity index (χ2n) is 5.06. The summed E-state index contributed by atoms with van der Waals surface area (Å²) in [4.78, 5) is 0. The van der Waals surface area contributed by atoms with E-state index in [1.54, 1.807) is 0 Å². The Kier molecular flexibility index (Phi) is 1.57. The number of hydrogen-bond acceptors (Lipinski definition) is 1. The van der Waals surface area contributed by atoms with Gasteiger partial charge in [-0.25, -0.2) is 0 Å². The Balaban J connectivity index is 2.16. The van der Waals surface area contributed by atoms with Gasteiger partial charge in [0, 0.05) is 0 Å². The van der Waals surface area contributed by atoms with Crippen molar-refractivity contribution in [3.63, 3.8) is 0 Å². The van der Waals surface area contributed by atoms with Crippen LogP contribution < -0.4 is 5.73 Å². The summed E-state index contributed by atoms with van der Waals surface area (Å²) in [5.41, 5.74) is 6.53. The lowest BCUT2D eigenvalue weighted by atomic mass is 9.33. The van der Waals surface area contributed by atoms with Gasteiger partial charge in [0.25, 0.3) is 0 Å². The molecule has 2 heterocycles. The lowest BCUT2D eigenvalue weighted by molar-refractivity contribution is 0.308. The second kappa shape index (κ2) is 2.26. The van der Waals surface area contributed by atoms with Crippen molar-refractivity contribution in [3.8, 4) is 0 Å². The Morgan fingerprint density at radius 3 is 2.00 bits per heavy atom. The van der Waals surface area contributed by atoms with Gasteiger partial charge in [0.1, 0.15) is 0 Å². The molecule has 62 valence electrons. The Hall–Kier alpha value is 0.0249. The highest BCUT2D eigenvalue weighted by Gasteiger charge is 2.43. The van der Waals surface area contributed by atoms with Crippen molar-refractivity contribution in [2.75, 3.05) is 0 Å². The molecule has 2 bridgehead atoms. The predicted octanol–water partition coefficient (Wildman–Crippen LogP) is 1.62. The van der Waals surface area contributed by atoms with E-state index >= 15 is 0 Å². The predicted molar refractivity (Wildman–Crippen MR) is 50.1 cm³/mol. The molecule has 11 heavy (non-hydrogen) atoms. The monoisotopic (exact) mass is 151 g/mol. The van der Waals surface area contributed by atoms with Crippen molar-refractivity contribution in [2.45, 2.75) is 56.2 Å². The van der Waals surface area contributed by atoms with Crippen LogP contribution in [0.25, 0.3) is 0 Å². The van der Waals surface area contributed by atoms with Crippen LogP contribution in [-0.4, -0.2) is 12.7 Å². The summed E-state index contributed by atoms with van der Waals surface area (Å²) in [6, 6.07) is 0. The van der Waals surface area contributed by atoms with Crippen molar-refractivity contribution in [1.29, 1.82) is 0 Å². The first kappa shape index (κ1) is 7.66. The van der Waals surface area contributed by atoms with Gasteiger partial charge in [-0.2, -0.15) is 0 Å². The fraction of sp³-hybridized carbons (Fsp3) is 1.00. The Labute approximate surface area is 70.0 Å². The number of fused-ring (bicyclic) bond motifs is 2. The number of hydrogen-bond donors (Lipinski definition) is 1. The molecule has 2 N–H and O–H groups in total. The summed E-state index contributed by atoms with van der Waals surface area (Å²) in [7, 11) is 1.29. The lowest BCUT2D eigenvalue weighted by Gasteiger charge is -2.48. The van der Waals surface area contributed by atoms with E-state index in [1.165, 1.54) is 45.8 Å².